The molecule has 0 unspecified atom stereocenters. The van der Waals surface area contributed by atoms with E-state index in [0.717, 1.165) is 38.2 Å². The predicted molar refractivity (Wildman–Crippen MR) is 107 cm³/mol. The molecular formula is C23H27N3O2. The van der Waals surface area contributed by atoms with Crippen molar-refractivity contribution in [3.63, 3.8) is 0 Å². The molecule has 3 saturated heterocycles. The van der Waals surface area contributed by atoms with Crippen molar-refractivity contribution in [2.75, 3.05) is 19.6 Å². The Hall–Kier alpha value is -2.24. The van der Waals surface area contributed by atoms with Crippen molar-refractivity contribution < 1.29 is 9.53 Å². The van der Waals surface area contributed by atoms with E-state index in [0.29, 0.717) is 24.1 Å². The summed E-state index contributed by atoms with van der Waals surface area (Å²) in [6.45, 7) is 5.61. The Bertz CT molecular complexity index is 871. The number of rotatable bonds is 5. The van der Waals surface area contributed by atoms with Crippen LogP contribution in [0.5, 0.6) is 0 Å². The van der Waals surface area contributed by atoms with Gasteiger partial charge in [-0.05, 0) is 37.5 Å². The fourth-order valence-corrected chi connectivity index (χ4v) is 5.49. The van der Waals surface area contributed by atoms with E-state index in [1.165, 1.54) is 5.56 Å². The summed E-state index contributed by atoms with van der Waals surface area (Å²) in [5.41, 5.74) is 2.71. The molecular weight excluding hydrogens is 350 g/mol. The quantitative estimate of drug-likeness (QED) is 0.871. The number of hydrogen-bond acceptors (Lipinski definition) is 4. The van der Waals surface area contributed by atoms with Crippen molar-refractivity contribution >= 4 is 5.91 Å². The molecule has 3 fully saturated rings. The van der Waals surface area contributed by atoms with E-state index in [2.05, 4.69) is 45.5 Å². The normalized spacial score (nSPS) is 31.1. The Labute approximate surface area is 166 Å². The van der Waals surface area contributed by atoms with Crippen molar-refractivity contribution in [2.45, 2.75) is 38.0 Å². The summed E-state index contributed by atoms with van der Waals surface area (Å²) in [5, 5.41) is 3.13. The van der Waals surface area contributed by atoms with Crippen LogP contribution in [0.15, 0.2) is 48.5 Å². The van der Waals surface area contributed by atoms with Gasteiger partial charge in [0.15, 0.2) is 0 Å². The number of aromatic nitrogens is 1. The van der Waals surface area contributed by atoms with Crippen molar-refractivity contribution in [2.24, 2.45) is 11.8 Å². The second kappa shape index (κ2) is 6.98. The van der Waals surface area contributed by atoms with Crippen LogP contribution >= 0.6 is 0 Å². The lowest BCUT2D eigenvalue weighted by molar-refractivity contribution is 0.00212. The number of carbonyl (C=O) groups is 1. The van der Waals surface area contributed by atoms with Gasteiger partial charge in [-0.25, -0.2) is 4.98 Å². The molecule has 4 atom stereocenters. The van der Waals surface area contributed by atoms with Crippen molar-refractivity contribution in [3.05, 3.63) is 65.5 Å². The third-order valence-electron chi connectivity index (χ3n) is 6.72. The van der Waals surface area contributed by atoms with Crippen LogP contribution in [0.25, 0.3) is 0 Å². The number of pyridine rings is 1. The summed E-state index contributed by atoms with van der Waals surface area (Å²) in [5.74, 6) is 0.809. The molecule has 5 rings (SSSR count). The Kier molecular flexibility index (Phi) is 4.44. The van der Waals surface area contributed by atoms with E-state index in [-0.39, 0.29) is 17.6 Å². The summed E-state index contributed by atoms with van der Waals surface area (Å²) in [6.07, 6.45) is 2.55. The van der Waals surface area contributed by atoms with Gasteiger partial charge in [0.2, 0.25) is 0 Å². The van der Waals surface area contributed by atoms with Gasteiger partial charge >= 0.3 is 0 Å². The molecule has 2 aromatic rings. The van der Waals surface area contributed by atoms with Crippen LogP contribution in [-0.4, -0.2) is 47.1 Å². The minimum absolute atomic E-state index is 0.00355. The van der Waals surface area contributed by atoms with Gasteiger partial charge in [0.1, 0.15) is 5.69 Å². The molecule has 0 radical (unpaired) electrons. The van der Waals surface area contributed by atoms with Crippen LogP contribution in [0.2, 0.25) is 0 Å². The van der Waals surface area contributed by atoms with E-state index >= 15 is 0 Å². The second-order valence-corrected chi connectivity index (χ2v) is 8.56. The fraction of sp³-hybridized carbons (Fsp3) is 0.478. The van der Waals surface area contributed by atoms with Gasteiger partial charge in [-0.1, -0.05) is 36.4 Å². The van der Waals surface area contributed by atoms with Gasteiger partial charge in [-0.2, -0.15) is 0 Å². The van der Waals surface area contributed by atoms with E-state index in [4.69, 9.17) is 4.74 Å². The first-order valence-electron chi connectivity index (χ1n) is 10.3. The van der Waals surface area contributed by atoms with Crippen molar-refractivity contribution in [1.82, 2.24) is 15.2 Å². The number of fused-ring (bicyclic) bond motifs is 1. The highest BCUT2D eigenvalue weighted by atomic mass is 16.5. The molecule has 3 aliphatic rings. The van der Waals surface area contributed by atoms with E-state index in [9.17, 15) is 4.79 Å². The summed E-state index contributed by atoms with van der Waals surface area (Å²) in [7, 11) is 0. The molecule has 1 aromatic heterocycles. The van der Waals surface area contributed by atoms with Gasteiger partial charge in [-0.3, -0.25) is 9.69 Å². The van der Waals surface area contributed by atoms with Crippen molar-refractivity contribution in [3.8, 4) is 0 Å². The molecule has 0 saturated carbocycles. The molecule has 4 heterocycles. The zero-order valence-corrected chi connectivity index (χ0v) is 16.3. The monoisotopic (exact) mass is 377 g/mol. The highest BCUT2D eigenvalue weighted by Gasteiger charge is 2.62. The Morgan fingerprint density at radius 1 is 1.25 bits per heavy atom. The largest absolute Gasteiger partial charge is 0.370 e. The van der Waals surface area contributed by atoms with Gasteiger partial charge in [0.05, 0.1) is 11.7 Å². The topological polar surface area (TPSA) is 54.5 Å². The Morgan fingerprint density at radius 2 is 2.11 bits per heavy atom. The second-order valence-electron chi connectivity index (χ2n) is 8.56. The maximum Gasteiger partial charge on any atom is 0.269 e. The number of hydrogen-bond donors (Lipinski definition) is 1. The molecule has 3 aliphatic heterocycles. The average molecular weight is 377 g/mol. The number of likely N-dealkylation sites (tertiary alicyclic amines) is 1. The number of nitrogens with one attached hydrogen (secondary N) is 1. The maximum atomic E-state index is 12.5. The number of amides is 1. The highest BCUT2D eigenvalue weighted by molar-refractivity contribution is 5.92. The minimum atomic E-state index is -0.0836. The summed E-state index contributed by atoms with van der Waals surface area (Å²) >= 11 is 0. The van der Waals surface area contributed by atoms with Gasteiger partial charge in [-0.15, -0.1) is 0 Å². The lowest BCUT2D eigenvalue weighted by Gasteiger charge is -2.29. The van der Waals surface area contributed by atoms with Crippen LogP contribution in [0.1, 0.15) is 34.6 Å². The Morgan fingerprint density at radius 3 is 2.93 bits per heavy atom. The van der Waals surface area contributed by atoms with Crippen LogP contribution in [-0.2, 0) is 11.3 Å². The van der Waals surface area contributed by atoms with E-state index < -0.39 is 0 Å². The zero-order valence-electron chi connectivity index (χ0n) is 16.3. The number of nitrogens with zero attached hydrogens (tertiary/aromatic N) is 2. The fourth-order valence-electron chi connectivity index (χ4n) is 5.49. The van der Waals surface area contributed by atoms with Gasteiger partial charge < -0.3 is 10.1 Å². The molecule has 0 aliphatic carbocycles. The molecule has 2 bridgehead atoms. The molecule has 5 nitrogen and oxygen atoms in total. The molecule has 1 amide bonds. The van der Waals surface area contributed by atoms with Gasteiger partial charge in [0.25, 0.3) is 5.91 Å². The number of ether oxygens (including phenoxy) is 1. The van der Waals surface area contributed by atoms with Crippen LogP contribution < -0.4 is 5.32 Å². The zero-order chi connectivity index (χ0) is 19.1. The molecule has 146 valence electrons. The van der Waals surface area contributed by atoms with Crippen LogP contribution in [0, 0.1) is 18.8 Å². The molecule has 1 aromatic carbocycles. The highest BCUT2D eigenvalue weighted by Crippen LogP contribution is 2.54. The standard InChI is InChI=1S/C23H27N3O2/c1-16-6-5-9-20(25-16)22(27)24-12-18-19-14-26(13-17-7-3-2-4-8-17)15-23(19)11-10-21(18)28-23/h2-9,18-19,21H,10-15H2,1H3,(H,24,27)/t18-,19+,21+,23+/m0/s1. The lowest BCUT2D eigenvalue weighted by atomic mass is 9.73. The average Bonchev–Trinajstić information content (AvgIpc) is 3.35. The third-order valence-corrected chi connectivity index (χ3v) is 6.72. The van der Waals surface area contributed by atoms with Gasteiger partial charge in [0, 0.05) is 43.7 Å². The molecule has 1 N–H and O–H groups in total. The maximum absolute atomic E-state index is 12.5. The first kappa shape index (κ1) is 17.8. The molecule has 5 heteroatoms. The number of aryl methyl sites for hydroxylation is 1. The first-order valence-corrected chi connectivity index (χ1v) is 10.3. The van der Waals surface area contributed by atoms with E-state index in [1.807, 2.05) is 19.1 Å². The first-order chi connectivity index (χ1) is 13.6. The smallest absolute Gasteiger partial charge is 0.269 e. The third kappa shape index (κ3) is 3.12. The summed E-state index contributed by atoms with van der Waals surface area (Å²) in [4.78, 5) is 19.4. The van der Waals surface area contributed by atoms with Crippen molar-refractivity contribution in [1.29, 1.82) is 0 Å². The SMILES string of the molecule is Cc1cccc(C(=O)NC[C@H]2[C@H]3CN(Cc4ccccc4)C[C@]34CC[C@H]2O4)n1. The number of benzene rings is 1. The summed E-state index contributed by atoms with van der Waals surface area (Å²) < 4.78 is 6.51. The Balaban J connectivity index is 1.25. The predicted octanol–water partition coefficient (Wildman–Crippen LogP) is 2.80. The van der Waals surface area contributed by atoms with Crippen LogP contribution in [0.4, 0.5) is 0 Å². The lowest BCUT2D eigenvalue weighted by Crippen LogP contribution is -2.42. The molecule has 28 heavy (non-hydrogen) atoms. The summed E-state index contributed by atoms with van der Waals surface area (Å²) in [6, 6.07) is 16.2. The van der Waals surface area contributed by atoms with E-state index in [1.54, 1.807) is 6.07 Å². The van der Waals surface area contributed by atoms with Crippen LogP contribution in [0.3, 0.4) is 0 Å². The molecule has 1 spiro atoms. The minimum Gasteiger partial charge on any atom is -0.370 e. The number of carbonyl (C=O) groups excluding carboxylic acids is 1.